The lowest BCUT2D eigenvalue weighted by molar-refractivity contribution is 0.0890. The first-order chi connectivity index (χ1) is 7.88. The highest BCUT2D eigenvalue weighted by Crippen LogP contribution is 2.16. The second kappa shape index (κ2) is 7.09. The molecule has 1 saturated heterocycles. The Balaban J connectivity index is 0.000000606. The Hall–Kier alpha value is -1.26. The van der Waals surface area contributed by atoms with Crippen LogP contribution in [0.3, 0.4) is 0 Å². The lowest BCUT2D eigenvalue weighted by atomic mass is 9.92. The van der Waals surface area contributed by atoms with Gasteiger partial charge in [-0.25, -0.2) is 0 Å². The van der Waals surface area contributed by atoms with E-state index in [0.29, 0.717) is 5.69 Å². The third-order valence-electron chi connectivity index (χ3n) is 2.63. The predicted molar refractivity (Wildman–Crippen MR) is 64.3 cm³/mol. The molecule has 16 heavy (non-hydrogen) atoms. The molecule has 0 saturated carbocycles. The zero-order valence-corrected chi connectivity index (χ0v) is 9.65. The molecule has 1 aliphatic heterocycles. The monoisotopic (exact) mass is 221 g/mol. The van der Waals surface area contributed by atoms with Gasteiger partial charge in [0, 0.05) is 12.1 Å². The zero-order valence-electron chi connectivity index (χ0n) is 9.65. The molecule has 1 fully saturated rings. The van der Waals surface area contributed by atoms with E-state index in [1.807, 2.05) is 12.1 Å². The van der Waals surface area contributed by atoms with Crippen LogP contribution in [0, 0.1) is 5.92 Å². The molecule has 4 heteroatoms. The van der Waals surface area contributed by atoms with Crippen molar-refractivity contribution in [3.05, 3.63) is 30.1 Å². The van der Waals surface area contributed by atoms with Crippen LogP contribution in [-0.2, 0) is 0 Å². The van der Waals surface area contributed by atoms with E-state index < -0.39 is 0 Å². The van der Waals surface area contributed by atoms with Crippen molar-refractivity contribution in [3.63, 3.8) is 0 Å². The molecule has 0 amide bonds. The second-order valence-electron chi connectivity index (χ2n) is 3.60. The van der Waals surface area contributed by atoms with Gasteiger partial charge in [-0.05, 0) is 45.1 Å². The Morgan fingerprint density at radius 2 is 2.06 bits per heavy atom. The van der Waals surface area contributed by atoms with Gasteiger partial charge in [0.05, 0.1) is 0 Å². The summed E-state index contributed by atoms with van der Waals surface area (Å²) >= 11 is 0. The maximum atomic E-state index is 11.9. The fourth-order valence-corrected chi connectivity index (χ4v) is 1.80. The maximum Gasteiger partial charge on any atom is 0.184 e. The van der Waals surface area contributed by atoms with Crippen molar-refractivity contribution >= 4 is 5.78 Å². The number of pyridine rings is 1. The number of nitrogens with one attached hydrogen (secondary N) is 1. The van der Waals surface area contributed by atoms with E-state index in [4.69, 9.17) is 0 Å². The van der Waals surface area contributed by atoms with Gasteiger partial charge >= 0.3 is 0 Å². The first-order valence-corrected chi connectivity index (χ1v) is 5.61. The van der Waals surface area contributed by atoms with Crippen molar-refractivity contribution in [1.29, 1.82) is 0 Å². The van der Waals surface area contributed by atoms with Crippen molar-refractivity contribution in [2.75, 3.05) is 20.1 Å². The Bertz CT molecular complexity index is 307. The van der Waals surface area contributed by atoms with E-state index in [2.05, 4.69) is 16.0 Å². The Morgan fingerprint density at radius 3 is 2.62 bits per heavy atom. The molecule has 0 aliphatic carbocycles. The van der Waals surface area contributed by atoms with Crippen LogP contribution in [0.15, 0.2) is 24.4 Å². The fraction of sp³-hybridized carbons (Fsp3) is 0.500. The summed E-state index contributed by atoms with van der Waals surface area (Å²) in [6.07, 6.45) is 3.55. The minimum absolute atomic E-state index is 0.172. The summed E-state index contributed by atoms with van der Waals surface area (Å²) in [6.45, 7) is 1.90. The van der Waals surface area contributed by atoms with Crippen LogP contribution >= 0.6 is 0 Å². The molecule has 2 heterocycles. The summed E-state index contributed by atoms with van der Waals surface area (Å²) in [6, 6.07) is 5.49. The number of piperidine rings is 1. The topological polar surface area (TPSA) is 68.0 Å². The van der Waals surface area contributed by atoms with Gasteiger partial charge in [-0.15, -0.1) is 0 Å². The van der Waals surface area contributed by atoms with Crippen LogP contribution in [0.4, 0.5) is 0 Å². The molecule has 1 aliphatic rings. The molecule has 0 unspecified atom stereocenters. The molecule has 4 nitrogen and oxygen atoms in total. The van der Waals surface area contributed by atoms with Crippen molar-refractivity contribution in [3.8, 4) is 0 Å². The normalized spacial score (nSPS) is 16.1. The van der Waals surface area contributed by atoms with E-state index in [-0.39, 0.29) is 11.7 Å². The summed E-state index contributed by atoms with van der Waals surface area (Å²) in [5.41, 5.74) is 5.11. The molecule has 0 atom stereocenters. The first-order valence-electron chi connectivity index (χ1n) is 5.61. The molecular weight excluding hydrogens is 202 g/mol. The van der Waals surface area contributed by atoms with Crippen LogP contribution in [0.5, 0.6) is 0 Å². The van der Waals surface area contributed by atoms with Crippen LogP contribution in [0.2, 0.25) is 0 Å². The molecule has 0 radical (unpaired) electrons. The van der Waals surface area contributed by atoms with Crippen LogP contribution in [0.1, 0.15) is 23.3 Å². The SMILES string of the molecule is CN.O=C(c1ccccn1)C1CCNCC1. The third-order valence-corrected chi connectivity index (χ3v) is 2.63. The number of aromatic nitrogens is 1. The number of ketones is 1. The number of rotatable bonds is 2. The second-order valence-corrected chi connectivity index (χ2v) is 3.60. The van der Waals surface area contributed by atoms with Gasteiger partial charge in [-0.3, -0.25) is 9.78 Å². The van der Waals surface area contributed by atoms with Gasteiger partial charge in [-0.1, -0.05) is 6.07 Å². The summed E-state index contributed by atoms with van der Waals surface area (Å²) in [7, 11) is 1.50. The number of hydrogen-bond acceptors (Lipinski definition) is 4. The number of carbonyl (C=O) groups is 1. The highest BCUT2D eigenvalue weighted by Gasteiger charge is 2.22. The lowest BCUT2D eigenvalue weighted by Crippen LogP contribution is -2.32. The number of carbonyl (C=O) groups excluding carboxylic acids is 1. The van der Waals surface area contributed by atoms with Crippen molar-refractivity contribution < 1.29 is 4.79 Å². The van der Waals surface area contributed by atoms with Gasteiger partial charge in [0.2, 0.25) is 0 Å². The van der Waals surface area contributed by atoms with Crippen molar-refractivity contribution in [2.24, 2.45) is 11.7 Å². The van der Waals surface area contributed by atoms with Gasteiger partial charge in [0.15, 0.2) is 5.78 Å². The van der Waals surface area contributed by atoms with Gasteiger partial charge in [0.25, 0.3) is 0 Å². The lowest BCUT2D eigenvalue weighted by Gasteiger charge is -2.20. The third kappa shape index (κ3) is 3.40. The molecule has 2 rings (SSSR count). The molecule has 1 aromatic heterocycles. The van der Waals surface area contributed by atoms with Crippen LogP contribution in [-0.4, -0.2) is 30.9 Å². The molecule has 0 aromatic carbocycles. The summed E-state index contributed by atoms with van der Waals surface area (Å²) < 4.78 is 0. The van der Waals surface area contributed by atoms with E-state index in [0.717, 1.165) is 25.9 Å². The molecule has 0 bridgehead atoms. The molecule has 88 valence electrons. The average molecular weight is 221 g/mol. The maximum absolute atomic E-state index is 11.9. The van der Waals surface area contributed by atoms with E-state index in [1.54, 1.807) is 12.3 Å². The fourth-order valence-electron chi connectivity index (χ4n) is 1.80. The standard InChI is InChI=1S/C11H14N2O.CH5N/c14-11(9-4-7-12-8-5-9)10-3-1-2-6-13-10;1-2/h1-3,6,9,12H,4-5,7-8H2;2H2,1H3. The molecule has 1 aromatic rings. The summed E-state index contributed by atoms with van der Waals surface area (Å²) in [5.74, 6) is 0.373. The number of Topliss-reactive ketones (excluding diaryl/α,β-unsaturated/α-hetero) is 1. The van der Waals surface area contributed by atoms with Crippen molar-refractivity contribution in [2.45, 2.75) is 12.8 Å². The molecule has 3 N–H and O–H groups in total. The molecular formula is C12H19N3O. The van der Waals surface area contributed by atoms with Gasteiger partial charge < -0.3 is 11.1 Å². The Morgan fingerprint density at radius 1 is 1.38 bits per heavy atom. The van der Waals surface area contributed by atoms with E-state index in [1.165, 1.54) is 7.05 Å². The van der Waals surface area contributed by atoms with Crippen LogP contribution < -0.4 is 11.1 Å². The van der Waals surface area contributed by atoms with Gasteiger partial charge in [-0.2, -0.15) is 0 Å². The smallest absolute Gasteiger partial charge is 0.184 e. The number of hydrogen-bond donors (Lipinski definition) is 2. The quantitative estimate of drug-likeness (QED) is 0.726. The highest BCUT2D eigenvalue weighted by atomic mass is 16.1. The zero-order chi connectivity index (χ0) is 11.8. The molecule has 0 spiro atoms. The Labute approximate surface area is 96.3 Å². The van der Waals surface area contributed by atoms with Crippen molar-refractivity contribution in [1.82, 2.24) is 10.3 Å². The average Bonchev–Trinajstić information content (AvgIpc) is 2.42. The Kier molecular flexibility index (Phi) is 5.67. The minimum atomic E-state index is 0.172. The largest absolute Gasteiger partial charge is 0.333 e. The summed E-state index contributed by atoms with van der Waals surface area (Å²) in [5, 5.41) is 3.25. The summed E-state index contributed by atoms with van der Waals surface area (Å²) in [4.78, 5) is 16.0. The number of nitrogens with zero attached hydrogens (tertiary/aromatic N) is 1. The predicted octanol–water partition coefficient (Wildman–Crippen LogP) is 0.839. The minimum Gasteiger partial charge on any atom is -0.333 e. The first kappa shape index (κ1) is 12.8. The number of nitrogens with two attached hydrogens (primary N) is 1. The van der Waals surface area contributed by atoms with E-state index in [9.17, 15) is 4.79 Å². The highest BCUT2D eigenvalue weighted by molar-refractivity contribution is 5.96. The van der Waals surface area contributed by atoms with Crippen LogP contribution in [0.25, 0.3) is 0 Å². The van der Waals surface area contributed by atoms with E-state index >= 15 is 0 Å². The van der Waals surface area contributed by atoms with Gasteiger partial charge in [0.1, 0.15) is 5.69 Å².